The van der Waals surface area contributed by atoms with Gasteiger partial charge in [0.25, 0.3) is 0 Å². The van der Waals surface area contributed by atoms with Gasteiger partial charge in [0.1, 0.15) is 0 Å². The lowest BCUT2D eigenvalue weighted by Crippen LogP contribution is -2.37. The maximum absolute atomic E-state index is 11.1. The molecule has 3 N–H and O–H groups in total. The number of hydrogen-bond donors (Lipinski definition) is 2. The zero-order valence-electron chi connectivity index (χ0n) is 6.74. The van der Waals surface area contributed by atoms with E-state index in [0.717, 1.165) is 0 Å². The van der Waals surface area contributed by atoms with Crippen molar-refractivity contribution < 1.29 is 9.90 Å². The monoisotopic (exact) mass is 192 g/mol. The highest BCUT2D eigenvalue weighted by Crippen LogP contribution is 2.15. The summed E-state index contributed by atoms with van der Waals surface area (Å²) < 4.78 is 0. The second kappa shape index (κ2) is 4.07. The third kappa shape index (κ3) is 2.33. The minimum atomic E-state index is -0.629. The first kappa shape index (κ1) is 9.77. The Labute approximate surface area is 76.3 Å². The number of aliphatic hydroxyl groups excluding tert-OH is 1. The first-order valence-corrected chi connectivity index (χ1v) is 4.37. The lowest BCUT2D eigenvalue weighted by molar-refractivity contribution is -0.128. The molecule has 1 aliphatic rings. The number of β-amino-alcohol motifs (C(OH)–C–C–N with tert-alkyl or cyclic N) is 1. The van der Waals surface area contributed by atoms with Crippen molar-refractivity contribution in [1.82, 2.24) is 4.90 Å². The van der Waals surface area contributed by atoms with E-state index < -0.39 is 6.10 Å². The predicted octanol–water partition coefficient (Wildman–Crippen LogP) is -0.854. The standard InChI is InChI=1S/C7H13ClN2O2/c8-5-1-7(12)10(3-5)4-6(11)2-9/h5-6,11H,1-4,9H2. The fourth-order valence-corrected chi connectivity index (χ4v) is 1.53. The van der Waals surface area contributed by atoms with Crippen LogP contribution in [0.3, 0.4) is 0 Å². The second-order valence-electron chi connectivity index (χ2n) is 2.99. The molecule has 12 heavy (non-hydrogen) atoms. The molecule has 1 aliphatic heterocycles. The van der Waals surface area contributed by atoms with E-state index in [9.17, 15) is 4.79 Å². The van der Waals surface area contributed by atoms with Gasteiger partial charge in [-0.05, 0) is 0 Å². The molecule has 1 heterocycles. The molecule has 1 amide bonds. The predicted molar refractivity (Wildman–Crippen MR) is 45.9 cm³/mol. The summed E-state index contributed by atoms with van der Waals surface area (Å²) >= 11 is 5.75. The summed E-state index contributed by atoms with van der Waals surface area (Å²) in [5.41, 5.74) is 5.21. The van der Waals surface area contributed by atoms with Crippen LogP contribution in [-0.4, -0.2) is 47.0 Å². The molecule has 0 aromatic heterocycles. The van der Waals surface area contributed by atoms with E-state index in [0.29, 0.717) is 19.5 Å². The Morgan fingerprint density at radius 2 is 2.50 bits per heavy atom. The Morgan fingerprint density at radius 3 is 2.92 bits per heavy atom. The zero-order chi connectivity index (χ0) is 9.14. The van der Waals surface area contributed by atoms with Crippen LogP contribution in [-0.2, 0) is 4.79 Å². The van der Waals surface area contributed by atoms with Gasteiger partial charge in [0.2, 0.25) is 5.91 Å². The lowest BCUT2D eigenvalue weighted by Gasteiger charge is -2.18. The van der Waals surface area contributed by atoms with Crippen LogP contribution in [0.4, 0.5) is 0 Å². The van der Waals surface area contributed by atoms with Crippen LogP contribution in [0.15, 0.2) is 0 Å². The maximum Gasteiger partial charge on any atom is 0.224 e. The number of nitrogens with two attached hydrogens (primary N) is 1. The van der Waals surface area contributed by atoms with Gasteiger partial charge in [0.05, 0.1) is 11.5 Å². The highest BCUT2D eigenvalue weighted by atomic mass is 35.5. The van der Waals surface area contributed by atoms with E-state index in [1.165, 1.54) is 0 Å². The highest BCUT2D eigenvalue weighted by Gasteiger charge is 2.28. The molecule has 0 saturated carbocycles. The molecular formula is C7H13ClN2O2. The van der Waals surface area contributed by atoms with E-state index in [1.54, 1.807) is 4.90 Å². The normalized spacial score (nSPS) is 26.4. The Kier molecular flexibility index (Phi) is 3.31. The Balaban J connectivity index is 2.37. The fraction of sp³-hybridized carbons (Fsp3) is 0.857. The molecule has 70 valence electrons. The number of likely N-dealkylation sites (tertiary alicyclic amines) is 1. The first-order chi connectivity index (χ1) is 5.63. The molecule has 1 fully saturated rings. The minimum absolute atomic E-state index is 0.00231. The van der Waals surface area contributed by atoms with Crippen LogP contribution in [0.1, 0.15) is 6.42 Å². The number of rotatable bonds is 3. The number of carbonyl (C=O) groups is 1. The van der Waals surface area contributed by atoms with Gasteiger partial charge in [0, 0.05) is 26.1 Å². The number of hydrogen-bond acceptors (Lipinski definition) is 3. The van der Waals surface area contributed by atoms with E-state index >= 15 is 0 Å². The van der Waals surface area contributed by atoms with Crippen molar-refractivity contribution in [2.75, 3.05) is 19.6 Å². The topological polar surface area (TPSA) is 66.6 Å². The van der Waals surface area contributed by atoms with Crippen molar-refractivity contribution in [2.45, 2.75) is 17.9 Å². The summed E-state index contributed by atoms with van der Waals surface area (Å²) in [6.07, 6.45) is -0.255. The van der Waals surface area contributed by atoms with Crippen molar-refractivity contribution in [3.05, 3.63) is 0 Å². The molecule has 2 atom stereocenters. The van der Waals surface area contributed by atoms with Gasteiger partial charge in [0.15, 0.2) is 0 Å². The molecule has 0 aliphatic carbocycles. The van der Waals surface area contributed by atoms with Crippen LogP contribution in [0.2, 0.25) is 0 Å². The summed E-state index contributed by atoms with van der Waals surface area (Å²) in [6.45, 7) is 1.01. The lowest BCUT2D eigenvalue weighted by atomic mass is 10.3. The fourth-order valence-electron chi connectivity index (χ4n) is 1.23. The number of carbonyl (C=O) groups excluding carboxylic acids is 1. The van der Waals surface area contributed by atoms with Crippen LogP contribution < -0.4 is 5.73 Å². The van der Waals surface area contributed by atoms with Gasteiger partial charge < -0.3 is 15.7 Å². The largest absolute Gasteiger partial charge is 0.390 e. The van der Waals surface area contributed by atoms with Gasteiger partial charge in [-0.2, -0.15) is 0 Å². The summed E-state index contributed by atoms with van der Waals surface area (Å²) in [5, 5.41) is 9.05. The van der Waals surface area contributed by atoms with Crippen molar-refractivity contribution in [1.29, 1.82) is 0 Å². The summed E-state index contributed by atoms with van der Waals surface area (Å²) in [7, 11) is 0. The van der Waals surface area contributed by atoms with Crippen LogP contribution in [0.5, 0.6) is 0 Å². The van der Waals surface area contributed by atoms with Gasteiger partial charge in [-0.25, -0.2) is 0 Å². The van der Waals surface area contributed by atoms with Gasteiger partial charge in [-0.1, -0.05) is 0 Å². The van der Waals surface area contributed by atoms with E-state index in [4.69, 9.17) is 22.4 Å². The minimum Gasteiger partial charge on any atom is -0.390 e. The molecule has 0 aromatic rings. The van der Waals surface area contributed by atoms with Gasteiger partial charge in [-0.15, -0.1) is 11.6 Å². The van der Waals surface area contributed by atoms with Crippen LogP contribution >= 0.6 is 11.6 Å². The van der Waals surface area contributed by atoms with E-state index in [-0.39, 0.29) is 17.8 Å². The number of alkyl halides is 1. The van der Waals surface area contributed by atoms with Crippen molar-refractivity contribution in [3.63, 3.8) is 0 Å². The first-order valence-electron chi connectivity index (χ1n) is 3.93. The second-order valence-corrected chi connectivity index (χ2v) is 3.61. The molecule has 2 unspecified atom stereocenters. The molecule has 0 spiro atoms. The number of halogens is 1. The van der Waals surface area contributed by atoms with Gasteiger partial charge in [-0.3, -0.25) is 4.79 Å². The number of aliphatic hydroxyl groups is 1. The van der Waals surface area contributed by atoms with Crippen LogP contribution in [0, 0.1) is 0 Å². The molecule has 1 rings (SSSR count). The van der Waals surface area contributed by atoms with Crippen molar-refractivity contribution >= 4 is 17.5 Å². The summed E-state index contributed by atoms with van der Waals surface area (Å²) in [4.78, 5) is 12.7. The number of nitrogens with zero attached hydrogens (tertiary/aromatic N) is 1. The van der Waals surface area contributed by atoms with Crippen molar-refractivity contribution in [3.8, 4) is 0 Å². The summed E-state index contributed by atoms with van der Waals surface area (Å²) in [5.74, 6) is 0.00231. The van der Waals surface area contributed by atoms with Crippen LogP contribution in [0.25, 0.3) is 0 Å². The van der Waals surface area contributed by atoms with Gasteiger partial charge >= 0.3 is 0 Å². The SMILES string of the molecule is NCC(O)CN1CC(Cl)CC1=O. The summed E-state index contributed by atoms with van der Waals surface area (Å²) in [6, 6.07) is 0. The average molecular weight is 193 g/mol. The Morgan fingerprint density at radius 1 is 1.83 bits per heavy atom. The van der Waals surface area contributed by atoms with E-state index in [2.05, 4.69) is 0 Å². The highest BCUT2D eigenvalue weighted by molar-refractivity contribution is 6.22. The van der Waals surface area contributed by atoms with Crippen molar-refractivity contribution in [2.24, 2.45) is 5.73 Å². The average Bonchev–Trinajstić information content (AvgIpc) is 2.30. The molecular weight excluding hydrogens is 180 g/mol. The Bertz CT molecular complexity index is 177. The molecule has 1 saturated heterocycles. The quantitative estimate of drug-likeness (QED) is 0.573. The Hall–Kier alpha value is -0.320. The third-order valence-corrected chi connectivity index (χ3v) is 2.16. The smallest absolute Gasteiger partial charge is 0.224 e. The number of amides is 1. The van der Waals surface area contributed by atoms with E-state index in [1.807, 2.05) is 0 Å². The molecule has 5 heteroatoms. The molecule has 0 aromatic carbocycles. The maximum atomic E-state index is 11.1. The molecule has 0 radical (unpaired) electrons. The zero-order valence-corrected chi connectivity index (χ0v) is 7.50. The molecule has 0 bridgehead atoms. The third-order valence-electron chi connectivity index (χ3n) is 1.87. The molecule has 4 nitrogen and oxygen atoms in total.